The molecule has 2 N–H and O–H groups in total. The molecule has 150 valence electrons. The van der Waals surface area contributed by atoms with E-state index >= 15 is 0 Å². The summed E-state index contributed by atoms with van der Waals surface area (Å²) < 4.78 is 0. The van der Waals surface area contributed by atoms with Gasteiger partial charge in [-0.3, -0.25) is 14.8 Å². The third kappa shape index (κ3) is 4.34. The number of nitrogens with one attached hydrogen (secondary N) is 1. The van der Waals surface area contributed by atoms with Crippen molar-refractivity contribution >= 4 is 11.8 Å². The molecule has 2 fully saturated rings. The van der Waals surface area contributed by atoms with Crippen molar-refractivity contribution < 1.29 is 14.8 Å². The number of hydroxylamine groups is 1. The minimum Gasteiger partial charge on any atom is -0.339 e. The second-order valence-electron chi connectivity index (χ2n) is 7.38. The van der Waals surface area contributed by atoms with Crippen LogP contribution in [0.2, 0.25) is 0 Å². The maximum absolute atomic E-state index is 12.4. The summed E-state index contributed by atoms with van der Waals surface area (Å²) in [7, 11) is 0. The molecule has 1 spiro atoms. The van der Waals surface area contributed by atoms with Crippen LogP contribution in [0.5, 0.6) is 0 Å². The average molecular weight is 375 g/mol. The van der Waals surface area contributed by atoms with E-state index in [0.717, 1.165) is 44.2 Å². The Labute approximate surface area is 163 Å². The molecule has 1 saturated carbocycles. The number of fused-ring (bicyclic) bond motifs is 1. The molecule has 1 heterocycles. The van der Waals surface area contributed by atoms with E-state index in [-0.39, 0.29) is 5.41 Å². The van der Waals surface area contributed by atoms with Crippen LogP contribution in [0.1, 0.15) is 81.3 Å². The topological polar surface area (TPSA) is 69.6 Å². The molecule has 3 aliphatic rings. The van der Waals surface area contributed by atoms with Crippen molar-refractivity contribution in [2.24, 2.45) is 5.41 Å². The van der Waals surface area contributed by atoms with Crippen LogP contribution in [0.4, 0.5) is 0 Å². The van der Waals surface area contributed by atoms with Crippen LogP contribution in [-0.4, -0.2) is 34.5 Å². The lowest BCUT2D eigenvalue weighted by Gasteiger charge is -2.38. The van der Waals surface area contributed by atoms with E-state index in [9.17, 15) is 9.59 Å². The van der Waals surface area contributed by atoms with Gasteiger partial charge in [-0.05, 0) is 61.8 Å². The molecule has 27 heavy (non-hydrogen) atoms. The van der Waals surface area contributed by atoms with Crippen molar-refractivity contribution in [2.75, 3.05) is 6.54 Å². The first kappa shape index (κ1) is 21.4. The van der Waals surface area contributed by atoms with Gasteiger partial charge in [0.05, 0.1) is 0 Å². The van der Waals surface area contributed by atoms with Crippen molar-refractivity contribution in [1.29, 1.82) is 0 Å². The van der Waals surface area contributed by atoms with E-state index in [0.29, 0.717) is 23.9 Å². The summed E-state index contributed by atoms with van der Waals surface area (Å²) in [5.74, 6) is -0.173. The van der Waals surface area contributed by atoms with Gasteiger partial charge >= 0.3 is 0 Å². The number of amides is 2. The zero-order valence-electron chi connectivity index (χ0n) is 17.2. The van der Waals surface area contributed by atoms with E-state index in [1.807, 2.05) is 39.8 Å². The molecule has 1 aromatic carbocycles. The molecular weight excluding hydrogens is 340 g/mol. The third-order valence-corrected chi connectivity index (χ3v) is 5.93. The molecule has 1 aromatic rings. The number of carbonyl (C=O) groups is 2. The second-order valence-corrected chi connectivity index (χ2v) is 7.38. The van der Waals surface area contributed by atoms with Crippen molar-refractivity contribution in [3.05, 3.63) is 34.9 Å². The predicted octanol–water partition coefficient (Wildman–Crippen LogP) is 4.12. The molecule has 1 aliphatic heterocycles. The second kappa shape index (κ2) is 9.36. The molecule has 1 unspecified atom stereocenters. The van der Waals surface area contributed by atoms with E-state index in [4.69, 9.17) is 5.21 Å². The quantitative estimate of drug-likeness (QED) is 0.604. The summed E-state index contributed by atoms with van der Waals surface area (Å²) in [5.41, 5.74) is 4.62. The van der Waals surface area contributed by atoms with Crippen molar-refractivity contribution in [3.8, 4) is 0 Å². The van der Waals surface area contributed by atoms with Crippen LogP contribution in [0.25, 0.3) is 0 Å². The molecule has 5 nitrogen and oxygen atoms in total. The highest BCUT2D eigenvalue weighted by molar-refractivity contribution is 5.93. The Hall–Kier alpha value is -1.88. The Kier molecular flexibility index (Phi) is 7.42. The average Bonchev–Trinajstić information content (AvgIpc) is 2.97. The smallest absolute Gasteiger partial charge is 0.274 e. The Morgan fingerprint density at radius 3 is 2.44 bits per heavy atom. The van der Waals surface area contributed by atoms with E-state index < -0.39 is 5.91 Å². The summed E-state index contributed by atoms with van der Waals surface area (Å²) in [6, 6.07) is 6.07. The largest absolute Gasteiger partial charge is 0.339 e. The van der Waals surface area contributed by atoms with Gasteiger partial charge in [0.2, 0.25) is 5.91 Å². The summed E-state index contributed by atoms with van der Waals surface area (Å²) in [6.45, 7) is 8.87. The molecule has 2 amide bonds. The third-order valence-electron chi connectivity index (χ3n) is 5.93. The van der Waals surface area contributed by atoms with Gasteiger partial charge in [0.15, 0.2) is 0 Å². The molecule has 2 aliphatic carbocycles. The first-order chi connectivity index (χ1) is 13.1. The Bertz CT molecular complexity index is 670. The van der Waals surface area contributed by atoms with Crippen LogP contribution in [0.3, 0.4) is 0 Å². The summed E-state index contributed by atoms with van der Waals surface area (Å²) >= 11 is 0. The first-order valence-corrected chi connectivity index (χ1v) is 10.5. The summed E-state index contributed by atoms with van der Waals surface area (Å²) in [4.78, 5) is 26.2. The van der Waals surface area contributed by atoms with E-state index in [1.54, 1.807) is 11.5 Å². The highest BCUT2D eigenvalue weighted by Gasteiger charge is 2.47. The van der Waals surface area contributed by atoms with Gasteiger partial charge in [0.25, 0.3) is 5.91 Å². The summed E-state index contributed by atoms with van der Waals surface area (Å²) in [6.07, 6.45) is 7.04. The fourth-order valence-electron chi connectivity index (χ4n) is 4.38. The molecule has 5 heteroatoms. The Balaban J connectivity index is 0.000000614. The van der Waals surface area contributed by atoms with Gasteiger partial charge < -0.3 is 4.90 Å². The number of rotatable bonds is 2. The molecule has 0 aromatic heterocycles. The SMILES string of the molecule is CC.CC.O=C(NO)c1ccc2c(c1)CC1(CC2)CC(=O)N(C2CCC2)C1. The standard InChI is InChI=1S/C18H22N2O3.2C2H6/c21-16-10-18(11-20(16)15-2-1-3-15)7-6-12-4-5-13(17(22)19-23)8-14(12)9-18;2*1-2/h4-5,8,15,23H,1-3,6-7,9-11H2,(H,19,22);2*1-2H3. The van der Waals surface area contributed by atoms with Crippen molar-refractivity contribution in [3.63, 3.8) is 0 Å². The van der Waals surface area contributed by atoms with Gasteiger partial charge in [0, 0.05) is 30.0 Å². The van der Waals surface area contributed by atoms with Gasteiger partial charge in [-0.1, -0.05) is 33.8 Å². The maximum Gasteiger partial charge on any atom is 0.274 e. The number of hydrogen-bond donors (Lipinski definition) is 2. The van der Waals surface area contributed by atoms with Crippen molar-refractivity contribution in [2.45, 2.75) is 78.7 Å². The summed E-state index contributed by atoms with van der Waals surface area (Å²) in [5, 5.41) is 8.81. The lowest BCUT2D eigenvalue weighted by atomic mass is 9.70. The maximum atomic E-state index is 12.4. The number of likely N-dealkylation sites (tertiary alicyclic amines) is 1. The molecule has 0 bridgehead atoms. The lowest BCUT2D eigenvalue weighted by molar-refractivity contribution is -0.131. The van der Waals surface area contributed by atoms with Gasteiger partial charge in [-0.15, -0.1) is 0 Å². The predicted molar refractivity (Wildman–Crippen MR) is 107 cm³/mol. The monoisotopic (exact) mass is 374 g/mol. The van der Waals surface area contributed by atoms with Gasteiger partial charge in [0.1, 0.15) is 0 Å². The zero-order chi connectivity index (χ0) is 20.0. The highest BCUT2D eigenvalue weighted by Crippen LogP contribution is 2.45. The fourth-order valence-corrected chi connectivity index (χ4v) is 4.38. The number of benzene rings is 1. The fraction of sp³-hybridized carbons (Fsp3) is 0.636. The Morgan fingerprint density at radius 1 is 1.15 bits per heavy atom. The van der Waals surface area contributed by atoms with Crippen molar-refractivity contribution in [1.82, 2.24) is 10.4 Å². The molecule has 1 saturated heterocycles. The number of carbonyl (C=O) groups excluding carboxylic acids is 2. The normalized spacial score (nSPS) is 23.4. The lowest BCUT2D eigenvalue weighted by Crippen LogP contribution is -2.42. The number of aryl methyl sites for hydroxylation is 1. The number of hydrogen-bond acceptors (Lipinski definition) is 3. The first-order valence-electron chi connectivity index (χ1n) is 10.5. The van der Waals surface area contributed by atoms with Gasteiger partial charge in [-0.25, -0.2) is 5.48 Å². The van der Waals surface area contributed by atoms with E-state index in [2.05, 4.69) is 4.90 Å². The molecular formula is C22H34N2O3. The highest BCUT2D eigenvalue weighted by atomic mass is 16.5. The number of nitrogens with zero attached hydrogens (tertiary/aromatic N) is 1. The minimum absolute atomic E-state index is 0.0357. The van der Waals surface area contributed by atoms with Crippen LogP contribution in [0.15, 0.2) is 18.2 Å². The van der Waals surface area contributed by atoms with Crippen LogP contribution < -0.4 is 5.48 Å². The van der Waals surface area contributed by atoms with E-state index in [1.165, 1.54) is 12.0 Å². The van der Waals surface area contributed by atoms with Crippen LogP contribution in [0, 0.1) is 5.41 Å². The van der Waals surface area contributed by atoms with Crippen LogP contribution in [-0.2, 0) is 17.6 Å². The van der Waals surface area contributed by atoms with Gasteiger partial charge in [-0.2, -0.15) is 0 Å². The Morgan fingerprint density at radius 2 is 1.85 bits per heavy atom. The van der Waals surface area contributed by atoms with Crippen LogP contribution >= 0.6 is 0 Å². The molecule has 0 radical (unpaired) electrons. The minimum atomic E-state index is -0.481. The zero-order valence-corrected chi connectivity index (χ0v) is 17.2. The molecule has 1 atom stereocenters. The molecule has 4 rings (SSSR count).